The fourth-order valence-electron chi connectivity index (χ4n) is 6.48. The van der Waals surface area contributed by atoms with Gasteiger partial charge in [-0.05, 0) is 107 Å². The zero-order valence-electron chi connectivity index (χ0n) is 19.2. The average molecular weight is 375 g/mol. The third-order valence-electron chi connectivity index (χ3n) is 8.32. The van der Waals surface area contributed by atoms with E-state index >= 15 is 0 Å². The van der Waals surface area contributed by atoms with Crippen LogP contribution < -0.4 is 0 Å². The van der Waals surface area contributed by atoms with Gasteiger partial charge in [0.05, 0.1) is 0 Å². The highest BCUT2D eigenvalue weighted by Crippen LogP contribution is 2.46. The third-order valence-corrected chi connectivity index (χ3v) is 8.32. The summed E-state index contributed by atoms with van der Waals surface area (Å²) in [6.45, 7) is 8.61. The van der Waals surface area contributed by atoms with Gasteiger partial charge in [0, 0.05) is 0 Å². The van der Waals surface area contributed by atoms with Crippen molar-refractivity contribution in [3.05, 3.63) is 12.2 Å². The molecule has 0 unspecified atom stereocenters. The molecule has 0 aromatic heterocycles. The predicted molar refractivity (Wildman–Crippen MR) is 122 cm³/mol. The molecule has 0 N–H and O–H groups in total. The van der Waals surface area contributed by atoms with Crippen LogP contribution in [0.5, 0.6) is 0 Å². The molecule has 0 spiro atoms. The first-order chi connectivity index (χ1) is 13.3. The smallest absolute Gasteiger partial charge is 0.0351 e. The molecular formula is C27H50. The van der Waals surface area contributed by atoms with Crippen LogP contribution in [0, 0.1) is 35.5 Å². The van der Waals surface area contributed by atoms with E-state index in [9.17, 15) is 0 Å². The molecule has 0 bridgehead atoms. The lowest BCUT2D eigenvalue weighted by atomic mass is 9.65. The number of hydrogen-bond donors (Lipinski definition) is 0. The van der Waals surface area contributed by atoms with Gasteiger partial charge >= 0.3 is 0 Å². The van der Waals surface area contributed by atoms with E-state index in [0.29, 0.717) is 0 Å². The summed E-state index contributed by atoms with van der Waals surface area (Å²) >= 11 is 0. The Bertz CT molecular complexity index is 371. The van der Waals surface area contributed by atoms with Crippen LogP contribution in [0.4, 0.5) is 0 Å². The van der Waals surface area contributed by atoms with Crippen molar-refractivity contribution in [2.24, 2.45) is 35.5 Å². The van der Waals surface area contributed by atoms with E-state index < -0.39 is 0 Å². The molecule has 0 heteroatoms. The van der Waals surface area contributed by atoms with Crippen LogP contribution in [-0.2, 0) is 0 Å². The molecule has 0 aliphatic heterocycles. The van der Waals surface area contributed by atoms with Crippen molar-refractivity contribution in [2.45, 2.75) is 124 Å². The van der Waals surface area contributed by atoms with Crippen molar-refractivity contribution < 1.29 is 0 Å². The minimum absolute atomic E-state index is 1.01. The standard InChI is InChI=1S/C25H44.C2H6/c1-3-4-5-6-7-21-10-14-23(15-11-21)25-18-16-24(17-19-25)22-12-8-20(2)9-13-22;1-2/h3-4,20-25H,5-19H2,1-2H3;1-2H3/b4-3+;. The van der Waals surface area contributed by atoms with E-state index in [1.165, 1.54) is 32.1 Å². The second-order valence-electron chi connectivity index (χ2n) is 9.98. The minimum Gasteiger partial charge on any atom is -0.0917 e. The van der Waals surface area contributed by atoms with Crippen molar-refractivity contribution >= 4 is 0 Å². The molecule has 3 rings (SSSR count). The molecule has 0 heterocycles. The summed E-state index contributed by atoms with van der Waals surface area (Å²) in [4.78, 5) is 0. The van der Waals surface area contributed by atoms with Gasteiger partial charge < -0.3 is 0 Å². The van der Waals surface area contributed by atoms with Crippen LogP contribution in [0.25, 0.3) is 0 Å². The minimum atomic E-state index is 1.01. The summed E-state index contributed by atoms with van der Waals surface area (Å²) in [6.07, 6.45) is 27.4. The zero-order chi connectivity index (χ0) is 19.5. The lowest BCUT2D eigenvalue weighted by molar-refractivity contribution is 0.105. The van der Waals surface area contributed by atoms with Gasteiger partial charge in [0.15, 0.2) is 0 Å². The Kier molecular flexibility index (Phi) is 11.1. The topological polar surface area (TPSA) is 0 Å². The molecular weight excluding hydrogens is 324 g/mol. The highest BCUT2D eigenvalue weighted by molar-refractivity contribution is 4.86. The summed E-state index contributed by atoms with van der Waals surface area (Å²) in [7, 11) is 0. The zero-order valence-corrected chi connectivity index (χ0v) is 19.2. The number of unbranched alkanes of at least 4 members (excludes halogenated alkanes) is 1. The Morgan fingerprint density at radius 2 is 1.04 bits per heavy atom. The van der Waals surface area contributed by atoms with Gasteiger partial charge in [-0.1, -0.05) is 65.0 Å². The maximum atomic E-state index is 2.46. The van der Waals surface area contributed by atoms with E-state index in [0.717, 1.165) is 35.5 Å². The molecule has 0 amide bonds. The Labute approximate surface area is 172 Å². The molecule has 3 aliphatic carbocycles. The Morgan fingerprint density at radius 3 is 1.48 bits per heavy atom. The van der Waals surface area contributed by atoms with Gasteiger partial charge in [-0.2, -0.15) is 0 Å². The van der Waals surface area contributed by atoms with Crippen molar-refractivity contribution in [1.29, 1.82) is 0 Å². The lowest BCUT2D eigenvalue weighted by Crippen LogP contribution is -2.29. The number of hydrogen-bond acceptors (Lipinski definition) is 0. The molecule has 0 aromatic carbocycles. The van der Waals surface area contributed by atoms with Gasteiger partial charge in [0.2, 0.25) is 0 Å². The second-order valence-corrected chi connectivity index (χ2v) is 9.98. The number of rotatable bonds is 6. The molecule has 0 nitrogen and oxygen atoms in total. The SMILES string of the molecule is C/C=C/CCCC1CCC(C2CCC(C3CCC(C)CC3)CC2)CC1.CC. The van der Waals surface area contributed by atoms with Crippen molar-refractivity contribution in [2.75, 3.05) is 0 Å². The monoisotopic (exact) mass is 374 g/mol. The third kappa shape index (κ3) is 7.58. The fourth-order valence-corrected chi connectivity index (χ4v) is 6.48. The van der Waals surface area contributed by atoms with Gasteiger partial charge in [-0.15, -0.1) is 0 Å². The molecule has 0 atom stereocenters. The maximum Gasteiger partial charge on any atom is -0.0351 e. The largest absolute Gasteiger partial charge is 0.0917 e. The van der Waals surface area contributed by atoms with Crippen LogP contribution in [0.3, 0.4) is 0 Å². The molecule has 3 aliphatic rings. The first kappa shape index (κ1) is 23.0. The Morgan fingerprint density at radius 1 is 0.630 bits per heavy atom. The first-order valence-electron chi connectivity index (χ1n) is 12.9. The summed E-state index contributed by atoms with van der Waals surface area (Å²) in [5, 5.41) is 0. The van der Waals surface area contributed by atoms with E-state index in [2.05, 4.69) is 26.0 Å². The van der Waals surface area contributed by atoms with Gasteiger partial charge in [0.25, 0.3) is 0 Å². The molecule has 158 valence electrons. The fraction of sp³-hybridized carbons (Fsp3) is 0.926. The van der Waals surface area contributed by atoms with Crippen LogP contribution in [0.15, 0.2) is 12.2 Å². The van der Waals surface area contributed by atoms with Gasteiger partial charge in [-0.3, -0.25) is 0 Å². The summed E-state index contributed by atoms with van der Waals surface area (Å²) in [5.74, 6) is 6.47. The van der Waals surface area contributed by atoms with E-state index in [-0.39, 0.29) is 0 Å². The molecule has 27 heavy (non-hydrogen) atoms. The van der Waals surface area contributed by atoms with Crippen LogP contribution in [0.1, 0.15) is 124 Å². The highest BCUT2D eigenvalue weighted by Gasteiger charge is 2.34. The van der Waals surface area contributed by atoms with Crippen LogP contribution in [0.2, 0.25) is 0 Å². The second kappa shape index (κ2) is 13.1. The van der Waals surface area contributed by atoms with Crippen molar-refractivity contribution in [1.82, 2.24) is 0 Å². The quantitative estimate of drug-likeness (QED) is 0.321. The summed E-state index contributed by atoms with van der Waals surface area (Å²) < 4.78 is 0. The number of allylic oxidation sites excluding steroid dienone is 2. The predicted octanol–water partition coefficient (Wildman–Crippen LogP) is 9.20. The van der Waals surface area contributed by atoms with E-state index in [1.54, 1.807) is 64.2 Å². The molecule has 3 saturated carbocycles. The normalized spacial score (nSPS) is 37.6. The van der Waals surface area contributed by atoms with Crippen molar-refractivity contribution in [3.8, 4) is 0 Å². The Hall–Kier alpha value is -0.260. The van der Waals surface area contributed by atoms with Gasteiger partial charge in [0.1, 0.15) is 0 Å². The van der Waals surface area contributed by atoms with Crippen LogP contribution >= 0.6 is 0 Å². The van der Waals surface area contributed by atoms with Gasteiger partial charge in [-0.25, -0.2) is 0 Å². The summed E-state index contributed by atoms with van der Waals surface area (Å²) in [6, 6.07) is 0. The molecule has 3 fully saturated rings. The Balaban J connectivity index is 0.00000126. The average Bonchev–Trinajstić information content (AvgIpc) is 2.74. The maximum absolute atomic E-state index is 2.46. The van der Waals surface area contributed by atoms with E-state index in [4.69, 9.17) is 0 Å². The highest BCUT2D eigenvalue weighted by atomic mass is 14.4. The first-order valence-corrected chi connectivity index (χ1v) is 12.9. The summed E-state index contributed by atoms with van der Waals surface area (Å²) in [5.41, 5.74) is 0. The molecule has 0 saturated heterocycles. The molecule has 0 aromatic rings. The van der Waals surface area contributed by atoms with Crippen molar-refractivity contribution in [3.63, 3.8) is 0 Å². The lowest BCUT2D eigenvalue weighted by Gasteiger charge is -2.41. The van der Waals surface area contributed by atoms with E-state index in [1.807, 2.05) is 13.8 Å². The molecule has 0 radical (unpaired) electrons. The van der Waals surface area contributed by atoms with Crippen LogP contribution in [-0.4, -0.2) is 0 Å².